The highest BCUT2D eigenvalue weighted by atomic mass is 31.2. The SMILES string of the molecule is CC/C=C\C/C=C\C/C=C\C/C=C\C/C=C\CCCCCCCCCCCC(=O)OCC(O)COP(=O)(O)OCC(O)COP(=O)(O)OCC(COC(=O)CCCCCC/C=C\C/C=C\C/C=C\C/C=C\CC)OC(=O)CCCCCCCCCCCCCCCCC. The lowest BCUT2D eigenvalue weighted by Gasteiger charge is -2.21. The number of allylic oxidation sites excluding steroid dienone is 18. The molecule has 0 saturated heterocycles. The average Bonchev–Trinajstić information content (AvgIpc) is 2.84. The van der Waals surface area contributed by atoms with Crippen LogP contribution in [0.15, 0.2) is 109 Å². The van der Waals surface area contributed by atoms with E-state index >= 15 is 0 Å². The minimum Gasteiger partial charge on any atom is -0.463 e. The van der Waals surface area contributed by atoms with Crippen molar-refractivity contribution in [1.29, 1.82) is 0 Å². The standard InChI is InChI=1S/C75H130O16P2/c1-4-7-10-13-16-19-22-25-28-30-31-32-33-34-35-36-37-39-42-43-46-49-52-55-58-61-73(78)85-64-70(76)65-87-92(81,82)88-66-71(77)67-89-93(83,84)90-69-72(91-75(80)63-60-57-54-51-48-45-40-27-24-21-18-15-12-9-6-3)68-86-74(79)62-59-56-53-50-47-44-41-38-29-26-23-20-17-14-11-8-5-2/h7-8,10-11,16-17,19-20,25-26,28-29,31-32,34-35,41,44,70-72,76-77H,4-6,9,12-15,18,21-24,27,30,33,36-40,42-43,45-69H2,1-3H3,(H,81,82)(H,83,84)/b10-7-,11-8-,19-16-,20-17-,28-25-,29-26-,32-31-,35-34-,44-41-. The van der Waals surface area contributed by atoms with Gasteiger partial charge in [-0.15, -0.1) is 0 Å². The van der Waals surface area contributed by atoms with E-state index in [1.165, 1.54) is 89.9 Å². The van der Waals surface area contributed by atoms with E-state index in [4.69, 9.17) is 32.3 Å². The van der Waals surface area contributed by atoms with Crippen LogP contribution in [0.3, 0.4) is 0 Å². The molecule has 0 aliphatic carbocycles. The van der Waals surface area contributed by atoms with Gasteiger partial charge in [0.2, 0.25) is 0 Å². The van der Waals surface area contributed by atoms with E-state index in [0.29, 0.717) is 19.3 Å². The molecular formula is C75H130O16P2. The number of carbonyl (C=O) groups excluding carboxylic acids is 3. The quantitative estimate of drug-likeness (QED) is 0.0146. The number of esters is 3. The van der Waals surface area contributed by atoms with Crippen molar-refractivity contribution < 1.29 is 75.8 Å². The van der Waals surface area contributed by atoms with Crippen LogP contribution in [-0.2, 0) is 55.8 Å². The third kappa shape index (κ3) is 69.4. The van der Waals surface area contributed by atoms with Gasteiger partial charge in [-0.3, -0.25) is 32.5 Å². The van der Waals surface area contributed by atoms with Crippen LogP contribution in [-0.4, -0.2) is 95.9 Å². The summed E-state index contributed by atoms with van der Waals surface area (Å²) in [6.07, 6.45) is 77.0. The van der Waals surface area contributed by atoms with E-state index in [1.807, 2.05) is 0 Å². The van der Waals surface area contributed by atoms with E-state index in [9.17, 15) is 43.5 Å². The molecule has 0 aliphatic rings. The van der Waals surface area contributed by atoms with Gasteiger partial charge in [0.15, 0.2) is 6.10 Å². The molecule has 0 rings (SSSR count). The molecule has 0 aromatic rings. The van der Waals surface area contributed by atoms with Crippen molar-refractivity contribution in [1.82, 2.24) is 0 Å². The fourth-order valence-electron chi connectivity index (χ4n) is 9.53. The predicted octanol–water partition coefficient (Wildman–Crippen LogP) is 20.4. The zero-order valence-electron chi connectivity index (χ0n) is 58.1. The van der Waals surface area contributed by atoms with Crippen molar-refractivity contribution in [3.8, 4) is 0 Å². The number of phosphoric acid groups is 2. The van der Waals surface area contributed by atoms with Gasteiger partial charge in [-0.25, -0.2) is 9.13 Å². The second-order valence-corrected chi connectivity index (χ2v) is 26.9. The Hall–Kier alpha value is -3.79. The molecule has 0 aliphatic heterocycles. The smallest absolute Gasteiger partial charge is 0.463 e. The van der Waals surface area contributed by atoms with Gasteiger partial charge in [-0.1, -0.05) is 278 Å². The van der Waals surface area contributed by atoms with Crippen LogP contribution in [0.5, 0.6) is 0 Å². The molecule has 0 radical (unpaired) electrons. The Bertz CT molecular complexity index is 2130. The Morgan fingerprint density at radius 2 is 0.570 bits per heavy atom. The van der Waals surface area contributed by atoms with E-state index in [2.05, 4.69) is 130 Å². The summed E-state index contributed by atoms with van der Waals surface area (Å²) in [7, 11) is -9.79. The first-order valence-electron chi connectivity index (χ1n) is 36.2. The maximum atomic E-state index is 12.9. The van der Waals surface area contributed by atoms with Gasteiger partial charge in [0.25, 0.3) is 0 Å². The molecule has 0 amide bonds. The topological polar surface area (TPSA) is 231 Å². The zero-order chi connectivity index (χ0) is 68.1. The van der Waals surface area contributed by atoms with Gasteiger partial charge in [-0.2, -0.15) is 0 Å². The first-order valence-corrected chi connectivity index (χ1v) is 39.2. The number of unbranched alkanes of at least 4 members (excludes halogenated alkanes) is 27. The fourth-order valence-corrected chi connectivity index (χ4v) is 11.1. The van der Waals surface area contributed by atoms with Crippen molar-refractivity contribution in [3.05, 3.63) is 109 Å². The lowest BCUT2D eigenvalue weighted by atomic mass is 10.0. The predicted molar refractivity (Wildman–Crippen MR) is 380 cm³/mol. The summed E-state index contributed by atoms with van der Waals surface area (Å²) < 4.78 is 61.0. The third-order valence-electron chi connectivity index (χ3n) is 15.0. The Morgan fingerprint density at radius 1 is 0.312 bits per heavy atom. The Balaban J connectivity index is 4.59. The summed E-state index contributed by atoms with van der Waals surface area (Å²) in [6.45, 7) is 2.43. The number of ether oxygens (including phenoxy) is 3. The van der Waals surface area contributed by atoms with Gasteiger partial charge >= 0.3 is 33.6 Å². The molecule has 0 aromatic carbocycles. The molecule has 4 N–H and O–H groups in total. The molecule has 0 bridgehead atoms. The number of aliphatic hydroxyl groups is 2. The van der Waals surface area contributed by atoms with Crippen LogP contribution in [0.2, 0.25) is 0 Å². The van der Waals surface area contributed by atoms with E-state index in [0.717, 1.165) is 141 Å². The van der Waals surface area contributed by atoms with Gasteiger partial charge in [0, 0.05) is 19.3 Å². The van der Waals surface area contributed by atoms with Gasteiger partial charge < -0.3 is 34.2 Å². The summed E-state index contributed by atoms with van der Waals surface area (Å²) in [5, 5.41) is 20.6. The number of carbonyl (C=O) groups is 3. The minimum absolute atomic E-state index is 0.101. The number of rotatable bonds is 68. The lowest BCUT2D eigenvalue weighted by Crippen LogP contribution is -2.30. The van der Waals surface area contributed by atoms with Gasteiger partial charge in [0.1, 0.15) is 25.4 Å². The second kappa shape index (κ2) is 68.2. The average molecular weight is 1350 g/mol. The monoisotopic (exact) mass is 1350 g/mol. The summed E-state index contributed by atoms with van der Waals surface area (Å²) in [5.74, 6) is -1.60. The normalized spacial score (nSPS) is 14.8. The van der Waals surface area contributed by atoms with E-state index in [1.54, 1.807) is 0 Å². The summed E-state index contributed by atoms with van der Waals surface area (Å²) in [5.41, 5.74) is 0. The molecule has 5 atom stereocenters. The molecule has 0 fully saturated rings. The Labute approximate surface area is 564 Å². The van der Waals surface area contributed by atoms with Crippen LogP contribution < -0.4 is 0 Å². The summed E-state index contributed by atoms with van der Waals surface area (Å²) >= 11 is 0. The van der Waals surface area contributed by atoms with Crippen molar-refractivity contribution in [2.45, 2.75) is 309 Å². The molecular weight excluding hydrogens is 1220 g/mol. The molecule has 93 heavy (non-hydrogen) atoms. The Morgan fingerprint density at radius 3 is 0.903 bits per heavy atom. The number of hydrogen-bond donors (Lipinski definition) is 4. The van der Waals surface area contributed by atoms with Crippen molar-refractivity contribution >= 4 is 33.6 Å². The first-order chi connectivity index (χ1) is 45.2. The Kier molecular flexibility index (Phi) is 65.4. The molecule has 536 valence electrons. The van der Waals surface area contributed by atoms with Crippen LogP contribution >= 0.6 is 15.6 Å². The van der Waals surface area contributed by atoms with E-state index < -0.39 is 91.5 Å². The van der Waals surface area contributed by atoms with Crippen molar-refractivity contribution in [3.63, 3.8) is 0 Å². The molecule has 0 spiro atoms. The molecule has 16 nitrogen and oxygen atoms in total. The van der Waals surface area contributed by atoms with Gasteiger partial charge in [-0.05, 0) is 103 Å². The number of aliphatic hydroxyl groups excluding tert-OH is 2. The zero-order valence-corrected chi connectivity index (χ0v) is 59.9. The van der Waals surface area contributed by atoms with Crippen LogP contribution in [0, 0.1) is 0 Å². The van der Waals surface area contributed by atoms with Gasteiger partial charge in [0.05, 0.1) is 26.4 Å². The second-order valence-electron chi connectivity index (χ2n) is 24.0. The number of hydrogen-bond acceptors (Lipinski definition) is 14. The largest absolute Gasteiger partial charge is 0.472 e. The number of phosphoric ester groups is 2. The summed E-state index contributed by atoms with van der Waals surface area (Å²) in [6, 6.07) is 0. The van der Waals surface area contributed by atoms with Crippen molar-refractivity contribution in [2.75, 3.05) is 39.6 Å². The molecule has 0 saturated carbocycles. The fraction of sp³-hybridized carbons (Fsp3) is 0.720. The maximum absolute atomic E-state index is 12.9. The summed E-state index contributed by atoms with van der Waals surface area (Å²) in [4.78, 5) is 58.5. The maximum Gasteiger partial charge on any atom is 0.472 e. The lowest BCUT2D eigenvalue weighted by molar-refractivity contribution is -0.161. The third-order valence-corrected chi connectivity index (χ3v) is 16.9. The first kappa shape index (κ1) is 89.2. The molecule has 0 heterocycles. The highest BCUT2D eigenvalue weighted by molar-refractivity contribution is 7.47. The van der Waals surface area contributed by atoms with Crippen LogP contribution in [0.1, 0.15) is 290 Å². The highest BCUT2D eigenvalue weighted by Gasteiger charge is 2.29. The van der Waals surface area contributed by atoms with E-state index in [-0.39, 0.29) is 19.3 Å². The van der Waals surface area contributed by atoms with Crippen LogP contribution in [0.25, 0.3) is 0 Å². The van der Waals surface area contributed by atoms with Crippen LogP contribution in [0.4, 0.5) is 0 Å². The molecule has 18 heteroatoms. The molecule has 5 unspecified atom stereocenters. The van der Waals surface area contributed by atoms with Crippen molar-refractivity contribution in [2.24, 2.45) is 0 Å². The minimum atomic E-state index is -4.93. The molecule has 0 aromatic heterocycles. The highest BCUT2D eigenvalue weighted by Crippen LogP contribution is 2.45.